The summed E-state index contributed by atoms with van der Waals surface area (Å²) in [6.45, 7) is 3.26. The topological polar surface area (TPSA) is 119 Å². The quantitative estimate of drug-likeness (QED) is 0.378. The van der Waals surface area contributed by atoms with Gasteiger partial charge in [0.15, 0.2) is 17.1 Å². The summed E-state index contributed by atoms with van der Waals surface area (Å²) in [7, 11) is 3.06. The molecule has 39 heavy (non-hydrogen) atoms. The van der Waals surface area contributed by atoms with Crippen molar-refractivity contribution in [1.82, 2.24) is 25.3 Å². The van der Waals surface area contributed by atoms with Crippen molar-refractivity contribution in [1.29, 1.82) is 0 Å². The fourth-order valence-corrected chi connectivity index (χ4v) is 5.45. The SMILES string of the molecule is COc1ccc2c(c1F)C(=O)N(C[C@@]1(c3cc4cc(-c5c(C)nn(C)c5C)c(F)cc4o3)NC(=O)NC1=O)C2. The van der Waals surface area contributed by atoms with Gasteiger partial charge in [0.2, 0.25) is 0 Å². The van der Waals surface area contributed by atoms with Crippen LogP contribution in [0.4, 0.5) is 13.6 Å². The number of carbonyl (C=O) groups is 3. The van der Waals surface area contributed by atoms with Crippen molar-refractivity contribution < 1.29 is 32.3 Å². The molecule has 4 aromatic rings. The number of methoxy groups -OCH3 is 1. The number of furan rings is 1. The lowest BCUT2D eigenvalue weighted by Crippen LogP contribution is -2.52. The van der Waals surface area contributed by atoms with Crippen LogP contribution in [0.2, 0.25) is 0 Å². The second-order valence-corrected chi connectivity index (χ2v) is 9.74. The summed E-state index contributed by atoms with van der Waals surface area (Å²) >= 11 is 0. The summed E-state index contributed by atoms with van der Waals surface area (Å²) in [6.07, 6.45) is 0. The molecule has 200 valence electrons. The summed E-state index contributed by atoms with van der Waals surface area (Å²) in [5.74, 6) is -2.86. The van der Waals surface area contributed by atoms with Crippen molar-refractivity contribution in [3.05, 3.63) is 70.2 Å². The average Bonchev–Trinajstić information content (AvgIpc) is 3.58. The maximum absolute atomic E-state index is 15.3. The van der Waals surface area contributed by atoms with Gasteiger partial charge >= 0.3 is 6.03 Å². The second kappa shape index (κ2) is 8.38. The van der Waals surface area contributed by atoms with E-state index in [1.807, 2.05) is 6.92 Å². The summed E-state index contributed by atoms with van der Waals surface area (Å²) in [5.41, 5.74) is 0.928. The Labute approximate surface area is 220 Å². The highest BCUT2D eigenvalue weighted by Gasteiger charge is 2.53. The smallest absolute Gasteiger partial charge is 0.322 e. The van der Waals surface area contributed by atoms with Crippen molar-refractivity contribution in [3.8, 4) is 16.9 Å². The van der Waals surface area contributed by atoms with Gasteiger partial charge in [0.25, 0.3) is 11.8 Å². The molecule has 0 unspecified atom stereocenters. The van der Waals surface area contributed by atoms with Crippen molar-refractivity contribution in [2.45, 2.75) is 25.9 Å². The molecule has 0 radical (unpaired) electrons. The summed E-state index contributed by atoms with van der Waals surface area (Å²) in [4.78, 5) is 40.0. The Morgan fingerprint density at radius 3 is 2.54 bits per heavy atom. The number of carbonyl (C=O) groups excluding carboxylic acids is 3. The molecule has 1 saturated heterocycles. The van der Waals surface area contributed by atoms with Crippen LogP contribution in [-0.4, -0.2) is 46.2 Å². The van der Waals surface area contributed by atoms with E-state index in [0.717, 1.165) is 5.69 Å². The molecule has 0 saturated carbocycles. The highest BCUT2D eigenvalue weighted by Crippen LogP contribution is 2.38. The first-order valence-corrected chi connectivity index (χ1v) is 12.1. The minimum atomic E-state index is -1.83. The van der Waals surface area contributed by atoms with Gasteiger partial charge in [-0.3, -0.25) is 19.6 Å². The Hall–Kier alpha value is -4.74. The van der Waals surface area contributed by atoms with Crippen LogP contribution in [0.5, 0.6) is 5.75 Å². The van der Waals surface area contributed by atoms with Crippen LogP contribution in [0, 0.1) is 25.5 Å². The number of aromatic nitrogens is 2. The molecule has 2 aliphatic heterocycles. The van der Waals surface area contributed by atoms with Crippen LogP contribution in [-0.2, 0) is 23.9 Å². The number of benzene rings is 2. The van der Waals surface area contributed by atoms with E-state index in [4.69, 9.17) is 9.15 Å². The first kappa shape index (κ1) is 24.6. The number of nitrogens with zero attached hydrogens (tertiary/aromatic N) is 3. The molecule has 0 spiro atoms. The van der Waals surface area contributed by atoms with Crippen LogP contribution in [0.25, 0.3) is 22.1 Å². The molecule has 1 fully saturated rings. The van der Waals surface area contributed by atoms with E-state index in [0.29, 0.717) is 27.8 Å². The normalized spacial score (nSPS) is 18.6. The number of amides is 4. The van der Waals surface area contributed by atoms with Crippen LogP contribution in [0.3, 0.4) is 0 Å². The van der Waals surface area contributed by atoms with Crippen LogP contribution >= 0.6 is 0 Å². The highest BCUT2D eigenvalue weighted by atomic mass is 19.1. The lowest BCUT2D eigenvalue weighted by molar-refractivity contribution is -0.125. The maximum atomic E-state index is 15.3. The number of hydrogen-bond donors (Lipinski definition) is 2. The lowest BCUT2D eigenvalue weighted by Gasteiger charge is -2.29. The van der Waals surface area contributed by atoms with Gasteiger partial charge < -0.3 is 19.4 Å². The average molecular weight is 536 g/mol. The molecule has 4 heterocycles. The fraction of sp³-hybridized carbons (Fsp3) is 0.259. The summed E-state index contributed by atoms with van der Waals surface area (Å²) < 4.78 is 42.8. The first-order chi connectivity index (χ1) is 18.5. The monoisotopic (exact) mass is 535 g/mol. The van der Waals surface area contributed by atoms with Crippen LogP contribution in [0.1, 0.15) is 33.1 Å². The Kier molecular flexibility index (Phi) is 5.28. The van der Waals surface area contributed by atoms with E-state index in [1.165, 1.54) is 30.2 Å². The number of ether oxygens (including phenoxy) is 1. The van der Waals surface area contributed by atoms with Gasteiger partial charge in [-0.1, -0.05) is 6.07 Å². The lowest BCUT2D eigenvalue weighted by atomic mass is 9.94. The van der Waals surface area contributed by atoms with Gasteiger partial charge in [-0.2, -0.15) is 5.10 Å². The standard InChI is InChI=1S/C27H23F2N5O5/c1-12-21(13(2)33(3)32-12)16-7-15-8-20(39-19(15)9-17(16)28)27(25(36)30-26(37)31-27)11-34-10-14-5-6-18(38-4)23(29)22(14)24(34)35/h5-9H,10-11H2,1-4H3,(H2,30,31,36,37)/t27-/m0/s1. The molecule has 2 aromatic carbocycles. The van der Waals surface area contributed by atoms with E-state index < -0.39 is 35.0 Å². The number of imide groups is 1. The molecule has 0 bridgehead atoms. The van der Waals surface area contributed by atoms with Crippen molar-refractivity contribution in [3.63, 3.8) is 0 Å². The molecule has 0 aliphatic carbocycles. The Balaban J connectivity index is 1.43. The molecule has 2 aromatic heterocycles. The highest BCUT2D eigenvalue weighted by molar-refractivity contribution is 6.08. The third-order valence-corrected chi connectivity index (χ3v) is 7.45. The minimum absolute atomic E-state index is 0.00107. The predicted molar refractivity (Wildman–Crippen MR) is 134 cm³/mol. The number of nitrogens with one attached hydrogen (secondary N) is 2. The zero-order valence-electron chi connectivity index (χ0n) is 21.4. The Morgan fingerprint density at radius 2 is 1.90 bits per heavy atom. The maximum Gasteiger partial charge on any atom is 0.322 e. The van der Waals surface area contributed by atoms with E-state index in [2.05, 4.69) is 15.7 Å². The van der Waals surface area contributed by atoms with Crippen molar-refractivity contribution in [2.75, 3.05) is 13.7 Å². The summed E-state index contributed by atoms with van der Waals surface area (Å²) in [6, 6.07) is 6.54. The van der Waals surface area contributed by atoms with Gasteiger partial charge in [0.05, 0.1) is 24.9 Å². The van der Waals surface area contributed by atoms with Gasteiger partial charge in [0, 0.05) is 41.9 Å². The Morgan fingerprint density at radius 1 is 1.13 bits per heavy atom. The fourth-order valence-electron chi connectivity index (χ4n) is 5.45. The zero-order valence-corrected chi connectivity index (χ0v) is 21.4. The van der Waals surface area contributed by atoms with Crippen LogP contribution in [0.15, 0.2) is 34.7 Å². The molecule has 4 amide bonds. The molecule has 1 atom stereocenters. The minimum Gasteiger partial charge on any atom is -0.494 e. The van der Waals surface area contributed by atoms with Gasteiger partial charge in [-0.15, -0.1) is 0 Å². The van der Waals surface area contributed by atoms with E-state index in [9.17, 15) is 18.8 Å². The molecule has 12 heteroatoms. The van der Waals surface area contributed by atoms with Crippen molar-refractivity contribution >= 4 is 28.8 Å². The van der Waals surface area contributed by atoms with Gasteiger partial charge in [-0.05, 0) is 37.6 Å². The molecule has 2 N–H and O–H groups in total. The molecular formula is C27H23F2N5O5. The van der Waals surface area contributed by atoms with Gasteiger partial charge in [-0.25, -0.2) is 13.6 Å². The third-order valence-electron chi connectivity index (χ3n) is 7.45. The number of fused-ring (bicyclic) bond motifs is 2. The molecule has 10 nitrogen and oxygen atoms in total. The molecular weight excluding hydrogens is 512 g/mol. The second-order valence-electron chi connectivity index (χ2n) is 9.74. The first-order valence-electron chi connectivity index (χ1n) is 12.1. The van der Waals surface area contributed by atoms with Gasteiger partial charge in [0.1, 0.15) is 17.2 Å². The predicted octanol–water partition coefficient (Wildman–Crippen LogP) is 3.43. The van der Waals surface area contributed by atoms with E-state index in [1.54, 1.807) is 30.8 Å². The third kappa shape index (κ3) is 3.51. The number of rotatable bonds is 5. The number of halogens is 2. The largest absolute Gasteiger partial charge is 0.494 e. The Bertz CT molecular complexity index is 1740. The zero-order chi connectivity index (χ0) is 27.8. The molecule has 2 aliphatic rings. The molecule has 6 rings (SSSR count). The van der Waals surface area contributed by atoms with Crippen molar-refractivity contribution in [2.24, 2.45) is 7.05 Å². The number of urea groups is 1. The van der Waals surface area contributed by atoms with E-state index >= 15 is 4.39 Å². The number of aryl methyl sites for hydroxylation is 2. The number of hydrogen-bond acceptors (Lipinski definition) is 6. The summed E-state index contributed by atoms with van der Waals surface area (Å²) in [5, 5.41) is 9.60. The van der Waals surface area contributed by atoms with Crippen LogP contribution < -0.4 is 15.4 Å². The van der Waals surface area contributed by atoms with E-state index in [-0.39, 0.29) is 35.7 Å².